The monoisotopic (exact) mass is 525 g/mol. The zero-order valence-electron chi connectivity index (χ0n) is 20.0. The first-order valence-electron chi connectivity index (χ1n) is 11.7. The maximum absolute atomic E-state index is 13.3. The topological polar surface area (TPSA) is 28.5 Å². The highest BCUT2D eigenvalue weighted by atomic mass is 35.5. The van der Waals surface area contributed by atoms with Gasteiger partial charge in [0.25, 0.3) is 5.91 Å². The van der Waals surface area contributed by atoms with Crippen molar-refractivity contribution in [1.29, 1.82) is 0 Å². The van der Waals surface area contributed by atoms with Crippen LogP contribution in [0.25, 0.3) is 10.9 Å². The minimum atomic E-state index is -4.42. The highest BCUT2D eigenvalue weighted by Gasteiger charge is 2.32. The maximum Gasteiger partial charge on any atom is 0.416 e. The molecule has 1 saturated heterocycles. The molecule has 0 atom stereocenters. The molecule has 4 nitrogen and oxygen atoms in total. The largest absolute Gasteiger partial charge is 0.416 e. The molecule has 1 aliphatic heterocycles. The fourth-order valence-electron chi connectivity index (χ4n) is 4.76. The van der Waals surface area contributed by atoms with E-state index in [1.165, 1.54) is 0 Å². The molecule has 0 N–H and O–H groups in total. The summed E-state index contributed by atoms with van der Waals surface area (Å²) in [6.07, 6.45) is -3.06. The number of benzene rings is 2. The van der Waals surface area contributed by atoms with Crippen LogP contribution in [-0.4, -0.2) is 53.0 Å². The Morgan fingerprint density at radius 2 is 1.74 bits per heavy atom. The number of carbonyl (C=O) groups is 1. The van der Waals surface area contributed by atoms with Crippen molar-refractivity contribution in [2.75, 3.05) is 32.7 Å². The van der Waals surface area contributed by atoms with Gasteiger partial charge in [0.05, 0.1) is 16.1 Å². The second-order valence-corrected chi connectivity index (χ2v) is 9.90. The van der Waals surface area contributed by atoms with Gasteiger partial charge < -0.3 is 9.47 Å². The first-order chi connectivity index (χ1) is 16.5. The van der Waals surface area contributed by atoms with E-state index in [9.17, 15) is 18.0 Å². The number of piperazine rings is 1. The van der Waals surface area contributed by atoms with Gasteiger partial charge in [-0.05, 0) is 61.3 Å². The number of nitrogens with zero attached hydrogens (tertiary/aromatic N) is 3. The zero-order chi connectivity index (χ0) is 25.5. The number of rotatable bonds is 5. The predicted octanol–water partition coefficient (Wildman–Crippen LogP) is 6.57. The van der Waals surface area contributed by atoms with Gasteiger partial charge in [-0.15, -0.1) is 0 Å². The summed E-state index contributed by atoms with van der Waals surface area (Å²) >= 11 is 13.2. The Balaban J connectivity index is 1.64. The van der Waals surface area contributed by atoms with Gasteiger partial charge in [-0.3, -0.25) is 9.69 Å². The van der Waals surface area contributed by atoms with E-state index < -0.39 is 11.7 Å². The van der Waals surface area contributed by atoms with Gasteiger partial charge in [-0.2, -0.15) is 13.2 Å². The lowest BCUT2D eigenvalue weighted by atomic mass is 10.0. The van der Waals surface area contributed by atoms with E-state index in [2.05, 4.69) is 11.8 Å². The van der Waals surface area contributed by atoms with Crippen LogP contribution >= 0.6 is 23.2 Å². The van der Waals surface area contributed by atoms with Crippen molar-refractivity contribution in [3.63, 3.8) is 0 Å². The van der Waals surface area contributed by atoms with Crippen LogP contribution in [0, 0.1) is 6.92 Å². The number of fused-ring (bicyclic) bond motifs is 1. The van der Waals surface area contributed by atoms with E-state index in [-0.39, 0.29) is 17.4 Å². The summed E-state index contributed by atoms with van der Waals surface area (Å²) < 4.78 is 41.7. The third-order valence-corrected chi connectivity index (χ3v) is 7.55. The average Bonchev–Trinajstić information content (AvgIpc) is 3.12. The second kappa shape index (κ2) is 10.0. The fourth-order valence-corrected chi connectivity index (χ4v) is 5.35. The summed E-state index contributed by atoms with van der Waals surface area (Å²) in [4.78, 5) is 17.4. The molecule has 0 radical (unpaired) electrons. The molecule has 2 aromatic carbocycles. The number of hydrogen-bond donors (Lipinski definition) is 0. The third-order valence-electron chi connectivity index (χ3n) is 6.77. The second-order valence-electron chi connectivity index (χ2n) is 9.12. The van der Waals surface area contributed by atoms with Gasteiger partial charge in [0.15, 0.2) is 0 Å². The van der Waals surface area contributed by atoms with Crippen LogP contribution in [0.2, 0.25) is 10.0 Å². The van der Waals surface area contributed by atoms with Crippen LogP contribution in [0.5, 0.6) is 0 Å². The van der Waals surface area contributed by atoms with E-state index in [1.54, 1.807) is 30.7 Å². The molecule has 1 aliphatic rings. The van der Waals surface area contributed by atoms with Crippen LogP contribution in [-0.2, 0) is 19.6 Å². The minimum absolute atomic E-state index is 0.133. The molecule has 1 fully saturated rings. The predicted molar refractivity (Wildman–Crippen MR) is 135 cm³/mol. The summed E-state index contributed by atoms with van der Waals surface area (Å²) in [5.74, 6) is -0.133. The van der Waals surface area contributed by atoms with Gasteiger partial charge in [-0.1, -0.05) is 30.1 Å². The van der Waals surface area contributed by atoms with E-state index in [0.717, 1.165) is 49.3 Å². The molecule has 188 valence electrons. The molecular weight excluding hydrogens is 498 g/mol. The van der Waals surface area contributed by atoms with Gasteiger partial charge in [0.2, 0.25) is 0 Å². The molecule has 4 rings (SSSR count). The summed E-state index contributed by atoms with van der Waals surface area (Å²) in [6.45, 7) is 7.75. The molecule has 0 bridgehead atoms. The van der Waals surface area contributed by atoms with Crippen molar-refractivity contribution in [3.05, 3.63) is 68.3 Å². The summed E-state index contributed by atoms with van der Waals surface area (Å²) in [7, 11) is 1.73. The number of hydrogen-bond acceptors (Lipinski definition) is 2. The molecule has 0 saturated carbocycles. The first kappa shape index (κ1) is 25.9. The Morgan fingerprint density at radius 3 is 2.37 bits per heavy atom. The van der Waals surface area contributed by atoms with Crippen molar-refractivity contribution in [2.45, 2.75) is 32.9 Å². The molecule has 2 heterocycles. The van der Waals surface area contributed by atoms with Crippen molar-refractivity contribution in [3.8, 4) is 0 Å². The van der Waals surface area contributed by atoms with Crippen molar-refractivity contribution < 1.29 is 18.0 Å². The number of carbonyl (C=O) groups excluding carboxylic acids is 1. The lowest BCUT2D eigenvalue weighted by Crippen LogP contribution is -2.48. The maximum atomic E-state index is 13.3. The highest BCUT2D eigenvalue weighted by Crippen LogP contribution is 2.36. The van der Waals surface area contributed by atoms with Crippen molar-refractivity contribution in [2.24, 2.45) is 7.05 Å². The molecule has 3 aromatic rings. The zero-order valence-corrected chi connectivity index (χ0v) is 21.5. The molecule has 0 spiro atoms. The molecule has 1 amide bonds. The van der Waals surface area contributed by atoms with Gasteiger partial charge >= 0.3 is 6.18 Å². The van der Waals surface area contributed by atoms with E-state index in [1.807, 2.05) is 11.0 Å². The molecule has 35 heavy (non-hydrogen) atoms. The third kappa shape index (κ3) is 5.18. The van der Waals surface area contributed by atoms with E-state index in [0.29, 0.717) is 40.3 Å². The van der Waals surface area contributed by atoms with Gasteiger partial charge in [-0.25, -0.2) is 0 Å². The van der Waals surface area contributed by atoms with Crippen molar-refractivity contribution in [1.82, 2.24) is 14.4 Å². The minimum Gasteiger partial charge on any atom is -0.347 e. The standard InChI is InChI=1S/C26H28Cl2F3N3O/c1-4-7-33-8-10-34(11-9-33)25(35)19-5-6-22(27)21(24(19)28)15-18-14-20-16(2)12-17(26(29,30)31)13-23(20)32(18)3/h5-6,12-14H,4,7-11,15H2,1-3H3. The number of aromatic nitrogens is 1. The van der Waals surface area contributed by atoms with E-state index >= 15 is 0 Å². The summed E-state index contributed by atoms with van der Waals surface area (Å²) in [5, 5.41) is 1.44. The molecular formula is C26H28Cl2F3N3O. The number of alkyl halides is 3. The highest BCUT2D eigenvalue weighted by molar-refractivity contribution is 6.38. The number of amides is 1. The fraction of sp³-hybridized carbons (Fsp3) is 0.423. The number of halogens is 5. The molecule has 0 aliphatic carbocycles. The average molecular weight is 526 g/mol. The van der Waals surface area contributed by atoms with Crippen LogP contribution in [0.3, 0.4) is 0 Å². The van der Waals surface area contributed by atoms with Gasteiger partial charge in [0.1, 0.15) is 0 Å². The lowest BCUT2D eigenvalue weighted by molar-refractivity contribution is -0.137. The van der Waals surface area contributed by atoms with Crippen molar-refractivity contribution >= 4 is 40.0 Å². The molecule has 1 aromatic heterocycles. The molecule has 9 heteroatoms. The quantitative estimate of drug-likeness (QED) is 0.376. The van der Waals surface area contributed by atoms with Crippen LogP contribution in [0.15, 0.2) is 30.3 Å². The first-order valence-corrected chi connectivity index (χ1v) is 12.4. The molecule has 0 unspecified atom stereocenters. The Hall–Kier alpha value is -2.22. The Kier molecular flexibility index (Phi) is 7.41. The van der Waals surface area contributed by atoms with Gasteiger partial charge in [0, 0.05) is 61.3 Å². The summed E-state index contributed by atoms with van der Waals surface area (Å²) in [5.41, 5.74) is 2.08. The Labute approximate surface area is 213 Å². The number of aryl methyl sites for hydroxylation is 2. The normalized spacial score (nSPS) is 15.3. The Bertz CT molecular complexity index is 1260. The Morgan fingerprint density at radius 1 is 1.06 bits per heavy atom. The van der Waals surface area contributed by atoms with E-state index in [4.69, 9.17) is 23.2 Å². The van der Waals surface area contributed by atoms with Crippen LogP contribution in [0.4, 0.5) is 13.2 Å². The lowest BCUT2D eigenvalue weighted by Gasteiger charge is -2.34. The van der Waals surface area contributed by atoms with Crippen LogP contribution < -0.4 is 0 Å². The van der Waals surface area contributed by atoms with Crippen LogP contribution in [0.1, 0.15) is 46.1 Å². The summed E-state index contributed by atoms with van der Waals surface area (Å²) in [6, 6.07) is 7.49. The SMILES string of the molecule is CCCN1CCN(C(=O)c2ccc(Cl)c(Cc3cc4c(C)cc(C(F)(F)F)cc4n3C)c2Cl)CC1. The smallest absolute Gasteiger partial charge is 0.347 e.